The van der Waals surface area contributed by atoms with Gasteiger partial charge < -0.3 is 5.73 Å². The topological polar surface area (TPSA) is 56.7 Å². The zero-order valence-corrected chi connectivity index (χ0v) is 11.1. The highest BCUT2D eigenvalue weighted by atomic mass is 79.9. The average molecular weight is 299 g/mol. The van der Waals surface area contributed by atoms with Crippen molar-refractivity contribution < 1.29 is 0 Å². The highest BCUT2D eigenvalue weighted by Gasteiger charge is 2.09. The third-order valence-corrected chi connectivity index (χ3v) is 3.44. The zero-order chi connectivity index (χ0) is 11.5. The fourth-order valence-corrected chi connectivity index (χ4v) is 2.67. The average Bonchev–Trinajstić information content (AvgIpc) is 2.62. The van der Waals surface area contributed by atoms with Gasteiger partial charge in [0.05, 0.1) is 0 Å². The Morgan fingerprint density at radius 2 is 2.19 bits per heavy atom. The maximum absolute atomic E-state index is 5.88. The second kappa shape index (κ2) is 4.88. The van der Waals surface area contributed by atoms with Gasteiger partial charge in [0.2, 0.25) is 4.73 Å². The van der Waals surface area contributed by atoms with Gasteiger partial charge in [-0.05, 0) is 46.7 Å². The third-order valence-electron chi connectivity index (χ3n) is 2.03. The molecule has 0 saturated heterocycles. The van der Waals surface area contributed by atoms with E-state index in [-0.39, 0.29) is 0 Å². The van der Waals surface area contributed by atoms with Crippen LogP contribution in [0.15, 0.2) is 39.1 Å². The van der Waals surface area contributed by atoms with Crippen LogP contribution in [0.4, 0.5) is 5.69 Å². The minimum absolute atomic E-state index is 0.603. The third kappa shape index (κ3) is 2.38. The molecule has 0 spiro atoms. The summed E-state index contributed by atoms with van der Waals surface area (Å²) in [6.07, 6.45) is 0. The molecule has 0 bridgehead atoms. The number of halogens is 1. The van der Waals surface area contributed by atoms with E-state index in [2.05, 4.69) is 26.0 Å². The van der Waals surface area contributed by atoms with Crippen molar-refractivity contribution in [2.75, 3.05) is 5.73 Å². The Balaban J connectivity index is 2.30. The Morgan fingerprint density at radius 1 is 1.44 bits per heavy atom. The van der Waals surface area contributed by atoms with Crippen molar-refractivity contribution in [1.82, 2.24) is 14.8 Å². The van der Waals surface area contributed by atoms with E-state index in [1.165, 1.54) is 11.8 Å². The van der Waals surface area contributed by atoms with Crippen molar-refractivity contribution in [1.29, 1.82) is 0 Å². The standard InChI is InChI=1S/C10H11BrN4S/c1-2-15-10(13-9(11)14-15)16-8-6-4-3-5-7(8)12/h3-6H,2,12H2,1H3. The number of nitrogens with zero attached hydrogens (tertiary/aromatic N) is 3. The lowest BCUT2D eigenvalue weighted by molar-refractivity contribution is 0.594. The first-order valence-electron chi connectivity index (χ1n) is 4.83. The predicted octanol–water partition coefficient (Wildman–Crippen LogP) is 2.79. The van der Waals surface area contributed by atoms with Crippen LogP contribution in [-0.4, -0.2) is 14.8 Å². The lowest BCUT2D eigenvalue weighted by Crippen LogP contribution is -1.98. The molecule has 0 aliphatic carbocycles. The maximum Gasteiger partial charge on any atom is 0.218 e. The first-order valence-corrected chi connectivity index (χ1v) is 6.44. The highest BCUT2D eigenvalue weighted by Crippen LogP contribution is 2.31. The van der Waals surface area contributed by atoms with Crippen molar-refractivity contribution in [2.24, 2.45) is 0 Å². The second-order valence-electron chi connectivity index (χ2n) is 3.12. The first kappa shape index (κ1) is 11.5. The Hall–Kier alpha value is -1.01. The molecule has 2 N–H and O–H groups in total. The van der Waals surface area contributed by atoms with E-state index < -0.39 is 0 Å². The molecule has 6 heteroatoms. The summed E-state index contributed by atoms with van der Waals surface area (Å²) >= 11 is 4.79. The summed E-state index contributed by atoms with van der Waals surface area (Å²) in [4.78, 5) is 5.29. The molecule has 0 aliphatic rings. The minimum Gasteiger partial charge on any atom is -0.398 e. The molecule has 0 unspecified atom stereocenters. The molecule has 1 heterocycles. The van der Waals surface area contributed by atoms with Crippen LogP contribution in [0.2, 0.25) is 0 Å². The number of rotatable bonds is 3. The predicted molar refractivity (Wildman–Crippen MR) is 68.4 cm³/mol. The molecule has 4 nitrogen and oxygen atoms in total. The summed E-state index contributed by atoms with van der Waals surface area (Å²) in [5, 5.41) is 5.06. The van der Waals surface area contributed by atoms with Crippen molar-refractivity contribution in [3.8, 4) is 0 Å². The quantitative estimate of drug-likeness (QED) is 0.885. The second-order valence-corrected chi connectivity index (χ2v) is 4.84. The van der Waals surface area contributed by atoms with Gasteiger partial charge in [-0.15, -0.1) is 5.10 Å². The Morgan fingerprint density at radius 3 is 2.88 bits per heavy atom. The Bertz CT molecular complexity index is 497. The molecule has 0 atom stereocenters. The van der Waals surface area contributed by atoms with Gasteiger partial charge in [0.25, 0.3) is 0 Å². The molecule has 0 saturated carbocycles. The molecule has 0 fully saturated rings. The molecule has 0 aliphatic heterocycles. The first-order chi connectivity index (χ1) is 7.70. The van der Waals surface area contributed by atoms with E-state index >= 15 is 0 Å². The van der Waals surface area contributed by atoms with E-state index in [0.717, 1.165) is 22.3 Å². The number of aryl methyl sites for hydroxylation is 1. The van der Waals surface area contributed by atoms with Crippen LogP contribution >= 0.6 is 27.7 Å². The lowest BCUT2D eigenvalue weighted by atomic mass is 10.3. The fourth-order valence-electron chi connectivity index (χ4n) is 1.25. The highest BCUT2D eigenvalue weighted by molar-refractivity contribution is 9.10. The summed E-state index contributed by atoms with van der Waals surface area (Å²) < 4.78 is 2.44. The summed E-state index contributed by atoms with van der Waals surface area (Å²) in [7, 11) is 0. The van der Waals surface area contributed by atoms with Crippen LogP contribution in [0.3, 0.4) is 0 Å². The van der Waals surface area contributed by atoms with Gasteiger partial charge in [-0.2, -0.15) is 4.98 Å². The molecule has 2 aromatic rings. The van der Waals surface area contributed by atoms with Gasteiger partial charge in [0, 0.05) is 17.1 Å². The van der Waals surface area contributed by atoms with Crippen LogP contribution in [0.25, 0.3) is 0 Å². The van der Waals surface area contributed by atoms with Crippen LogP contribution in [0, 0.1) is 0 Å². The molecule has 16 heavy (non-hydrogen) atoms. The molecule has 0 radical (unpaired) electrons. The number of aromatic nitrogens is 3. The van der Waals surface area contributed by atoms with E-state index in [9.17, 15) is 0 Å². The van der Waals surface area contributed by atoms with Crippen molar-refractivity contribution in [2.45, 2.75) is 23.5 Å². The number of hydrogen-bond donors (Lipinski definition) is 1. The molecule has 0 amide bonds. The van der Waals surface area contributed by atoms with Gasteiger partial charge >= 0.3 is 0 Å². The Kier molecular flexibility index (Phi) is 3.50. The van der Waals surface area contributed by atoms with Gasteiger partial charge in [0.1, 0.15) is 0 Å². The molecule has 1 aromatic heterocycles. The number of hydrogen-bond acceptors (Lipinski definition) is 4. The van der Waals surface area contributed by atoms with Gasteiger partial charge in [0.15, 0.2) is 5.16 Å². The van der Waals surface area contributed by atoms with E-state index in [1.54, 1.807) is 0 Å². The molecule has 1 aromatic carbocycles. The lowest BCUT2D eigenvalue weighted by Gasteiger charge is -2.04. The smallest absolute Gasteiger partial charge is 0.218 e. The van der Waals surface area contributed by atoms with Crippen LogP contribution < -0.4 is 5.73 Å². The number of nitrogen functional groups attached to an aromatic ring is 1. The van der Waals surface area contributed by atoms with Crippen LogP contribution in [0.1, 0.15) is 6.92 Å². The molecule has 84 valence electrons. The summed E-state index contributed by atoms with van der Waals surface area (Å²) in [6.45, 7) is 2.81. The number of nitrogens with two attached hydrogens (primary N) is 1. The SMILES string of the molecule is CCn1nc(Br)nc1Sc1ccccc1N. The molecular formula is C10H11BrN4S. The van der Waals surface area contributed by atoms with Gasteiger partial charge in [-0.25, -0.2) is 4.68 Å². The Labute approximate surface area is 106 Å². The van der Waals surface area contributed by atoms with E-state index in [4.69, 9.17) is 5.73 Å². The minimum atomic E-state index is 0.603. The van der Waals surface area contributed by atoms with Crippen molar-refractivity contribution in [3.05, 3.63) is 29.0 Å². The maximum atomic E-state index is 5.88. The van der Waals surface area contributed by atoms with Crippen molar-refractivity contribution >= 4 is 33.4 Å². The fraction of sp³-hybridized carbons (Fsp3) is 0.200. The summed E-state index contributed by atoms with van der Waals surface area (Å²) in [5.41, 5.74) is 6.64. The zero-order valence-electron chi connectivity index (χ0n) is 8.72. The van der Waals surface area contributed by atoms with E-state index in [1.807, 2.05) is 35.9 Å². The normalized spacial score (nSPS) is 10.6. The summed E-state index contributed by atoms with van der Waals surface area (Å²) in [6, 6.07) is 7.73. The largest absolute Gasteiger partial charge is 0.398 e. The monoisotopic (exact) mass is 298 g/mol. The number of para-hydroxylation sites is 1. The molecule has 2 rings (SSSR count). The van der Waals surface area contributed by atoms with Crippen LogP contribution in [0.5, 0.6) is 0 Å². The van der Waals surface area contributed by atoms with Gasteiger partial charge in [-0.3, -0.25) is 0 Å². The van der Waals surface area contributed by atoms with Gasteiger partial charge in [-0.1, -0.05) is 12.1 Å². The van der Waals surface area contributed by atoms with Crippen molar-refractivity contribution in [3.63, 3.8) is 0 Å². The van der Waals surface area contributed by atoms with Crippen LogP contribution in [-0.2, 0) is 6.54 Å². The summed E-state index contributed by atoms with van der Waals surface area (Å²) in [5.74, 6) is 0. The number of benzene rings is 1. The number of anilines is 1. The molecular weight excluding hydrogens is 288 g/mol. The van der Waals surface area contributed by atoms with E-state index in [0.29, 0.717) is 4.73 Å².